The summed E-state index contributed by atoms with van der Waals surface area (Å²) in [7, 11) is 1.82. The minimum atomic E-state index is -0.926. The Labute approximate surface area is 150 Å². The number of aryl methyl sites for hydroxylation is 1. The molecule has 26 heavy (non-hydrogen) atoms. The zero-order chi connectivity index (χ0) is 18.3. The number of benzene rings is 1. The number of amides is 2. The second-order valence-corrected chi connectivity index (χ2v) is 7.00. The van der Waals surface area contributed by atoms with Gasteiger partial charge in [0.1, 0.15) is 6.17 Å². The summed E-state index contributed by atoms with van der Waals surface area (Å²) in [6, 6.07) is 5.54. The lowest BCUT2D eigenvalue weighted by atomic mass is 9.93. The van der Waals surface area contributed by atoms with Gasteiger partial charge in [-0.3, -0.25) is 19.6 Å². The molecule has 3 N–H and O–H groups in total. The summed E-state index contributed by atoms with van der Waals surface area (Å²) in [6.07, 6.45) is 0.591. The number of nitrogens with one attached hydrogen (secondary N) is 3. The van der Waals surface area contributed by atoms with E-state index in [1.54, 1.807) is 4.68 Å². The maximum Gasteiger partial charge on any atom is 0.235 e. The van der Waals surface area contributed by atoms with Crippen LogP contribution in [-0.4, -0.2) is 46.9 Å². The lowest BCUT2D eigenvalue weighted by molar-refractivity contribution is -0.134. The van der Waals surface area contributed by atoms with Gasteiger partial charge in [-0.05, 0) is 37.6 Å². The first-order valence-corrected chi connectivity index (χ1v) is 8.94. The maximum atomic E-state index is 14.0. The Kier molecular flexibility index (Phi) is 4.36. The van der Waals surface area contributed by atoms with E-state index in [-0.39, 0.29) is 17.9 Å². The first kappa shape index (κ1) is 17.0. The van der Waals surface area contributed by atoms with Crippen molar-refractivity contribution in [2.45, 2.75) is 37.4 Å². The molecule has 1 aromatic heterocycles. The first-order valence-electron chi connectivity index (χ1n) is 8.94. The van der Waals surface area contributed by atoms with Crippen molar-refractivity contribution in [1.82, 2.24) is 20.4 Å². The third-order valence-corrected chi connectivity index (χ3v) is 5.21. The van der Waals surface area contributed by atoms with Crippen LogP contribution < -0.4 is 16.0 Å². The standard InChI is InChI=1S/C18H22FN5O2/c1-24-15-8-10(21-14-6-7-20-9-13(14)19)2-3-11(15)17(23-24)12-4-5-16(25)22-18(12)26/h2-3,8,12-14,20-21H,4-7,9H2,1H3,(H,22,25,26)/t12?,13?,14-/m1/s1. The number of carbonyl (C=O) groups is 2. The van der Waals surface area contributed by atoms with Crippen LogP contribution in [0.4, 0.5) is 10.1 Å². The monoisotopic (exact) mass is 359 g/mol. The van der Waals surface area contributed by atoms with Crippen molar-refractivity contribution in [2.24, 2.45) is 7.05 Å². The molecule has 0 bridgehead atoms. The van der Waals surface area contributed by atoms with Gasteiger partial charge in [-0.25, -0.2) is 4.39 Å². The minimum absolute atomic E-state index is 0.212. The molecule has 2 saturated heterocycles. The molecule has 0 saturated carbocycles. The Morgan fingerprint density at radius 3 is 2.92 bits per heavy atom. The number of aromatic nitrogens is 2. The number of carbonyl (C=O) groups excluding carboxylic acids is 2. The van der Waals surface area contributed by atoms with Crippen molar-refractivity contribution in [3.05, 3.63) is 23.9 Å². The van der Waals surface area contributed by atoms with Crippen molar-refractivity contribution >= 4 is 28.4 Å². The molecule has 2 aromatic rings. The Hall–Kier alpha value is -2.48. The fraction of sp³-hybridized carbons (Fsp3) is 0.500. The van der Waals surface area contributed by atoms with Gasteiger partial charge in [0, 0.05) is 31.1 Å². The third-order valence-electron chi connectivity index (χ3n) is 5.21. The lowest BCUT2D eigenvalue weighted by Gasteiger charge is -2.28. The number of imide groups is 1. The second-order valence-electron chi connectivity index (χ2n) is 7.00. The number of halogens is 1. The highest BCUT2D eigenvalue weighted by atomic mass is 19.1. The van der Waals surface area contributed by atoms with Gasteiger partial charge in [-0.15, -0.1) is 0 Å². The number of rotatable bonds is 3. The summed E-state index contributed by atoms with van der Waals surface area (Å²) in [5.41, 5.74) is 2.40. The number of hydrogen-bond donors (Lipinski definition) is 3. The number of anilines is 1. The van der Waals surface area contributed by atoms with Crippen molar-refractivity contribution in [1.29, 1.82) is 0 Å². The van der Waals surface area contributed by atoms with Crippen LogP contribution in [0.3, 0.4) is 0 Å². The van der Waals surface area contributed by atoms with Crippen LogP contribution in [0.25, 0.3) is 10.9 Å². The molecule has 2 aliphatic rings. The van der Waals surface area contributed by atoms with Crippen LogP contribution in [0.15, 0.2) is 18.2 Å². The van der Waals surface area contributed by atoms with E-state index in [9.17, 15) is 14.0 Å². The van der Waals surface area contributed by atoms with Gasteiger partial charge in [-0.2, -0.15) is 5.10 Å². The summed E-state index contributed by atoms with van der Waals surface area (Å²) >= 11 is 0. The minimum Gasteiger partial charge on any atom is -0.379 e. The van der Waals surface area contributed by atoms with Crippen LogP contribution in [0.5, 0.6) is 0 Å². The molecule has 0 aliphatic carbocycles. The van der Waals surface area contributed by atoms with Crippen LogP contribution in [0, 0.1) is 0 Å². The molecular formula is C18H22FN5O2. The quantitative estimate of drug-likeness (QED) is 0.717. The molecule has 8 heteroatoms. The van der Waals surface area contributed by atoms with E-state index < -0.39 is 12.1 Å². The third kappa shape index (κ3) is 3.05. The zero-order valence-electron chi connectivity index (χ0n) is 14.6. The summed E-state index contributed by atoms with van der Waals surface area (Å²) < 4.78 is 15.8. The molecule has 3 heterocycles. The molecule has 138 valence electrons. The predicted molar refractivity (Wildman–Crippen MR) is 95.6 cm³/mol. The predicted octanol–water partition coefficient (Wildman–Crippen LogP) is 1.21. The van der Waals surface area contributed by atoms with E-state index in [0.717, 1.165) is 29.6 Å². The highest BCUT2D eigenvalue weighted by molar-refractivity contribution is 6.02. The number of hydrogen-bond acceptors (Lipinski definition) is 5. The van der Waals surface area contributed by atoms with Crippen LogP contribution in [-0.2, 0) is 16.6 Å². The van der Waals surface area contributed by atoms with Crippen molar-refractivity contribution < 1.29 is 14.0 Å². The van der Waals surface area contributed by atoms with Crippen LogP contribution in [0.2, 0.25) is 0 Å². The lowest BCUT2D eigenvalue weighted by Crippen LogP contribution is -2.45. The maximum absolute atomic E-state index is 14.0. The Balaban J connectivity index is 1.62. The average Bonchev–Trinajstić information content (AvgIpc) is 2.93. The normalized spacial score (nSPS) is 26.8. The summed E-state index contributed by atoms with van der Waals surface area (Å²) in [4.78, 5) is 23.6. The highest BCUT2D eigenvalue weighted by Crippen LogP contribution is 2.31. The molecular weight excluding hydrogens is 337 g/mol. The molecule has 1 aromatic carbocycles. The molecule has 7 nitrogen and oxygen atoms in total. The van der Waals surface area contributed by atoms with E-state index in [2.05, 4.69) is 21.0 Å². The van der Waals surface area contributed by atoms with Crippen molar-refractivity contribution in [3.8, 4) is 0 Å². The van der Waals surface area contributed by atoms with E-state index in [4.69, 9.17) is 0 Å². The molecule has 2 amide bonds. The number of alkyl halides is 1. The van der Waals surface area contributed by atoms with Gasteiger partial charge in [0.25, 0.3) is 0 Å². The van der Waals surface area contributed by atoms with E-state index in [1.807, 2.05) is 25.2 Å². The first-order chi connectivity index (χ1) is 12.5. The van der Waals surface area contributed by atoms with Gasteiger partial charge in [0.05, 0.1) is 23.2 Å². The van der Waals surface area contributed by atoms with Crippen molar-refractivity contribution in [2.75, 3.05) is 18.4 Å². The number of fused-ring (bicyclic) bond motifs is 1. The van der Waals surface area contributed by atoms with Crippen LogP contribution in [0.1, 0.15) is 30.9 Å². The van der Waals surface area contributed by atoms with Gasteiger partial charge in [0.15, 0.2) is 0 Å². The van der Waals surface area contributed by atoms with Gasteiger partial charge in [0.2, 0.25) is 11.8 Å². The molecule has 3 atom stereocenters. The topological polar surface area (TPSA) is 88.0 Å². The molecule has 0 radical (unpaired) electrons. The van der Waals surface area contributed by atoms with Gasteiger partial charge < -0.3 is 10.6 Å². The summed E-state index contributed by atoms with van der Waals surface area (Å²) in [5.74, 6) is -0.950. The Morgan fingerprint density at radius 2 is 2.15 bits per heavy atom. The van der Waals surface area contributed by atoms with E-state index in [1.165, 1.54) is 0 Å². The fourth-order valence-corrected chi connectivity index (χ4v) is 3.78. The molecule has 0 spiro atoms. The number of piperidine rings is 2. The SMILES string of the molecule is Cn1nc(C2CCC(=O)NC2=O)c2ccc(N[C@@H]3CCNCC3F)cc21. The molecule has 2 fully saturated rings. The van der Waals surface area contributed by atoms with E-state index in [0.29, 0.717) is 25.1 Å². The molecule has 2 aliphatic heterocycles. The summed E-state index contributed by atoms with van der Waals surface area (Å²) in [5, 5.41) is 14.1. The largest absolute Gasteiger partial charge is 0.379 e. The van der Waals surface area contributed by atoms with E-state index >= 15 is 0 Å². The summed E-state index contributed by atoms with van der Waals surface area (Å²) in [6.45, 7) is 1.16. The smallest absolute Gasteiger partial charge is 0.235 e. The Bertz CT molecular complexity index is 865. The Morgan fingerprint density at radius 1 is 1.31 bits per heavy atom. The van der Waals surface area contributed by atoms with Crippen molar-refractivity contribution in [3.63, 3.8) is 0 Å². The second kappa shape index (κ2) is 6.68. The highest BCUT2D eigenvalue weighted by Gasteiger charge is 2.31. The van der Waals surface area contributed by atoms with Gasteiger partial charge >= 0.3 is 0 Å². The van der Waals surface area contributed by atoms with Crippen LogP contribution >= 0.6 is 0 Å². The average molecular weight is 359 g/mol. The molecule has 4 rings (SSSR count). The fourth-order valence-electron chi connectivity index (χ4n) is 3.78. The zero-order valence-corrected chi connectivity index (χ0v) is 14.6. The molecule has 2 unspecified atom stereocenters. The number of nitrogens with zero attached hydrogens (tertiary/aromatic N) is 2. The van der Waals surface area contributed by atoms with Gasteiger partial charge in [-0.1, -0.05) is 0 Å².